The predicted octanol–water partition coefficient (Wildman–Crippen LogP) is 3.68. The van der Waals surface area contributed by atoms with E-state index < -0.39 is 0 Å². The first-order chi connectivity index (χ1) is 12.4. The summed E-state index contributed by atoms with van der Waals surface area (Å²) in [5.74, 6) is 0.706. The molecule has 128 valence electrons. The first kappa shape index (κ1) is 16.2. The molecule has 4 heterocycles. The van der Waals surface area contributed by atoms with Crippen LogP contribution in [0, 0.1) is 0 Å². The molecule has 3 aromatic heterocycles. The summed E-state index contributed by atoms with van der Waals surface area (Å²) in [6.45, 7) is 3.22. The van der Waals surface area contributed by atoms with Crippen LogP contribution in [0.2, 0.25) is 0 Å². The van der Waals surface area contributed by atoms with E-state index >= 15 is 0 Å². The third kappa shape index (κ3) is 4.21. The maximum atomic E-state index is 4.67. The van der Waals surface area contributed by atoms with Crippen molar-refractivity contribution in [2.75, 3.05) is 18.4 Å². The minimum Gasteiger partial charge on any atom is -0.350 e. The van der Waals surface area contributed by atoms with Crippen molar-refractivity contribution >= 4 is 17.3 Å². The molecule has 0 aromatic carbocycles. The average Bonchev–Trinajstić information content (AvgIpc) is 3.16. The Morgan fingerprint density at radius 3 is 2.92 bits per heavy atom. The van der Waals surface area contributed by atoms with Crippen LogP contribution in [0.4, 0.5) is 5.95 Å². The van der Waals surface area contributed by atoms with Crippen molar-refractivity contribution in [2.45, 2.75) is 25.4 Å². The van der Waals surface area contributed by atoms with Gasteiger partial charge in [0.2, 0.25) is 5.95 Å². The fourth-order valence-electron chi connectivity index (χ4n) is 3.23. The Bertz CT molecular complexity index is 791. The summed E-state index contributed by atoms with van der Waals surface area (Å²) in [4.78, 5) is 17.1. The highest BCUT2D eigenvalue weighted by atomic mass is 32.1. The minimum absolute atomic E-state index is 0.390. The summed E-state index contributed by atoms with van der Waals surface area (Å²) in [6.07, 6.45) is 7.75. The number of nitrogens with one attached hydrogen (secondary N) is 1. The zero-order chi connectivity index (χ0) is 16.9. The Morgan fingerprint density at radius 2 is 2.08 bits per heavy atom. The van der Waals surface area contributed by atoms with Crippen molar-refractivity contribution in [3.8, 4) is 11.3 Å². The van der Waals surface area contributed by atoms with Crippen LogP contribution in [0.15, 0.2) is 54.3 Å². The summed E-state index contributed by atoms with van der Waals surface area (Å²) < 4.78 is 0. The van der Waals surface area contributed by atoms with Crippen LogP contribution in [-0.4, -0.2) is 39.0 Å². The molecule has 0 bridgehead atoms. The van der Waals surface area contributed by atoms with E-state index in [2.05, 4.69) is 42.7 Å². The number of pyridine rings is 1. The molecule has 1 atom stereocenters. The van der Waals surface area contributed by atoms with Crippen LogP contribution < -0.4 is 5.32 Å². The Balaban J connectivity index is 1.41. The van der Waals surface area contributed by atoms with E-state index in [0.717, 1.165) is 37.3 Å². The van der Waals surface area contributed by atoms with E-state index in [0.29, 0.717) is 12.0 Å². The maximum absolute atomic E-state index is 4.67. The first-order valence-electron chi connectivity index (χ1n) is 8.61. The summed E-state index contributed by atoms with van der Waals surface area (Å²) in [7, 11) is 0. The fourth-order valence-corrected chi connectivity index (χ4v) is 3.98. The Labute approximate surface area is 151 Å². The molecule has 0 aliphatic carbocycles. The van der Waals surface area contributed by atoms with Gasteiger partial charge >= 0.3 is 0 Å². The molecular formula is C19H21N5S. The van der Waals surface area contributed by atoms with Crippen LogP contribution in [0.1, 0.15) is 17.7 Å². The van der Waals surface area contributed by atoms with Crippen LogP contribution in [0.25, 0.3) is 11.3 Å². The van der Waals surface area contributed by atoms with Crippen molar-refractivity contribution < 1.29 is 0 Å². The molecule has 1 fully saturated rings. The van der Waals surface area contributed by atoms with Crippen molar-refractivity contribution in [1.29, 1.82) is 0 Å². The standard InChI is InChI=1S/C19H21N5S/c1-3-16(13-24(11-1)14-17-4-2-12-25-17)22-19-21-10-7-18(23-19)15-5-8-20-9-6-15/h2,4-10,12,16H,1,3,11,13-14H2,(H,21,22,23). The van der Waals surface area contributed by atoms with Crippen molar-refractivity contribution in [3.05, 3.63) is 59.2 Å². The zero-order valence-electron chi connectivity index (χ0n) is 14.0. The fraction of sp³-hybridized carbons (Fsp3) is 0.316. The zero-order valence-corrected chi connectivity index (χ0v) is 14.8. The smallest absolute Gasteiger partial charge is 0.223 e. The normalized spacial score (nSPS) is 18.2. The Kier molecular flexibility index (Phi) is 4.99. The molecule has 0 saturated carbocycles. The quantitative estimate of drug-likeness (QED) is 0.760. The van der Waals surface area contributed by atoms with E-state index in [-0.39, 0.29) is 0 Å². The molecule has 1 aliphatic rings. The minimum atomic E-state index is 0.390. The molecule has 0 spiro atoms. The van der Waals surface area contributed by atoms with Crippen LogP contribution in [0.5, 0.6) is 0 Å². The second-order valence-corrected chi connectivity index (χ2v) is 7.33. The molecule has 1 saturated heterocycles. The van der Waals surface area contributed by atoms with E-state index in [1.807, 2.05) is 35.7 Å². The number of rotatable bonds is 5. The van der Waals surface area contributed by atoms with Gasteiger partial charge in [-0.05, 0) is 49.0 Å². The molecule has 0 amide bonds. The Morgan fingerprint density at radius 1 is 1.16 bits per heavy atom. The van der Waals surface area contributed by atoms with E-state index in [9.17, 15) is 0 Å². The summed E-state index contributed by atoms with van der Waals surface area (Å²) in [5.41, 5.74) is 1.98. The summed E-state index contributed by atoms with van der Waals surface area (Å²) in [5, 5.41) is 5.67. The van der Waals surface area contributed by atoms with Crippen molar-refractivity contribution in [2.24, 2.45) is 0 Å². The van der Waals surface area contributed by atoms with Crippen LogP contribution >= 0.6 is 11.3 Å². The highest BCUT2D eigenvalue weighted by molar-refractivity contribution is 7.09. The number of aromatic nitrogens is 3. The lowest BCUT2D eigenvalue weighted by Gasteiger charge is -2.32. The molecule has 4 rings (SSSR count). The van der Waals surface area contributed by atoms with Crippen molar-refractivity contribution in [1.82, 2.24) is 19.9 Å². The lowest BCUT2D eigenvalue weighted by Crippen LogP contribution is -2.41. The predicted molar refractivity (Wildman–Crippen MR) is 102 cm³/mol. The van der Waals surface area contributed by atoms with E-state index in [4.69, 9.17) is 0 Å². The molecule has 1 N–H and O–H groups in total. The number of thiophene rings is 1. The van der Waals surface area contributed by atoms with Gasteiger partial charge < -0.3 is 5.32 Å². The van der Waals surface area contributed by atoms with Gasteiger partial charge in [-0.15, -0.1) is 11.3 Å². The lowest BCUT2D eigenvalue weighted by atomic mass is 10.1. The average molecular weight is 351 g/mol. The summed E-state index contributed by atoms with van der Waals surface area (Å²) >= 11 is 1.83. The molecule has 25 heavy (non-hydrogen) atoms. The van der Waals surface area contributed by atoms with Crippen LogP contribution in [0.3, 0.4) is 0 Å². The number of anilines is 1. The third-order valence-electron chi connectivity index (χ3n) is 4.43. The van der Waals surface area contributed by atoms with Crippen molar-refractivity contribution in [3.63, 3.8) is 0 Å². The van der Waals surface area contributed by atoms with Gasteiger partial charge in [-0.1, -0.05) is 6.07 Å². The van der Waals surface area contributed by atoms with Gasteiger partial charge in [0, 0.05) is 48.2 Å². The second kappa shape index (κ2) is 7.72. The largest absolute Gasteiger partial charge is 0.350 e. The SMILES string of the molecule is c1csc(CN2CCCC(Nc3nccc(-c4ccncc4)n3)C2)c1. The molecule has 6 heteroatoms. The highest BCUT2D eigenvalue weighted by Gasteiger charge is 2.20. The molecule has 1 aliphatic heterocycles. The van der Waals surface area contributed by atoms with Gasteiger partial charge in [0.05, 0.1) is 5.69 Å². The molecule has 5 nitrogen and oxygen atoms in total. The van der Waals surface area contributed by atoms with Gasteiger partial charge in [-0.2, -0.15) is 0 Å². The number of nitrogens with zero attached hydrogens (tertiary/aromatic N) is 4. The van der Waals surface area contributed by atoms with Gasteiger partial charge in [0.15, 0.2) is 0 Å². The van der Waals surface area contributed by atoms with Gasteiger partial charge in [0.25, 0.3) is 0 Å². The first-order valence-corrected chi connectivity index (χ1v) is 9.49. The lowest BCUT2D eigenvalue weighted by molar-refractivity contribution is 0.210. The number of hydrogen-bond acceptors (Lipinski definition) is 6. The summed E-state index contributed by atoms with van der Waals surface area (Å²) in [6, 6.07) is 10.6. The van der Waals surface area contributed by atoms with Crippen LogP contribution in [-0.2, 0) is 6.54 Å². The number of likely N-dealkylation sites (tertiary alicyclic amines) is 1. The molecule has 3 aromatic rings. The number of piperidine rings is 1. The number of hydrogen-bond donors (Lipinski definition) is 1. The second-order valence-electron chi connectivity index (χ2n) is 6.30. The molecule has 1 unspecified atom stereocenters. The van der Waals surface area contributed by atoms with Gasteiger partial charge in [-0.3, -0.25) is 9.88 Å². The Hall–Kier alpha value is -2.31. The van der Waals surface area contributed by atoms with E-state index in [1.165, 1.54) is 11.3 Å². The maximum Gasteiger partial charge on any atom is 0.223 e. The van der Waals surface area contributed by atoms with Gasteiger partial charge in [-0.25, -0.2) is 9.97 Å². The monoisotopic (exact) mass is 351 g/mol. The highest BCUT2D eigenvalue weighted by Crippen LogP contribution is 2.20. The third-order valence-corrected chi connectivity index (χ3v) is 5.29. The topological polar surface area (TPSA) is 53.9 Å². The molecule has 0 radical (unpaired) electrons. The molecular weight excluding hydrogens is 330 g/mol. The van der Waals surface area contributed by atoms with Gasteiger partial charge in [0.1, 0.15) is 0 Å². The van der Waals surface area contributed by atoms with E-state index in [1.54, 1.807) is 12.4 Å².